The highest BCUT2D eigenvalue weighted by Gasteiger charge is 2.42. The Labute approximate surface area is 106 Å². The van der Waals surface area contributed by atoms with Crippen molar-refractivity contribution in [1.29, 1.82) is 5.26 Å². The number of carbonyl (C=O) groups excluding carboxylic acids is 1. The van der Waals surface area contributed by atoms with E-state index in [0.29, 0.717) is 6.42 Å². The van der Waals surface area contributed by atoms with Crippen LogP contribution >= 0.6 is 0 Å². The lowest BCUT2D eigenvalue weighted by Crippen LogP contribution is -2.10. The lowest BCUT2D eigenvalue weighted by Gasteiger charge is -2.14. The molecule has 1 aromatic heterocycles. The molecule has 1 aliphatic rings. The zero-order chi connectivity index (χ0) is 12.6. The van der Waals surface area contributed by atoms with Gasteiger partial charge in [-0.05, 0) is 25.0 Å². The molecule has 0 atom stereocenters. The van der Waals surface area contributed by atoms with E-state index in [2.05, 4.69) is 10.6 Å². The Morgan fingerprint density at radius 2 is 2.22 bits per heavy atom. The zero-order valence-electron chi connectivity index (χ0n) is 10.1. The van der Waals surface area contributed by atoms with Crippen molar-refractivity contribution >= 4 is 17.2 Å². The first-order chi connectivity index (χ1) is 8.78. The van der Waals surface area contributed by atoms with Gasteiger partial charge in [0.05, 0.1) is 11.6 Å². The first kappa shape index (κ1) is 11.0. The lowest BCUT2D eigenvalue weighted by molar-refractivity contribution is 0.112. The van der Waals surface area contributed by atoms with Crippen LogP contribution in [0.4, 0.5) is 0 Å². The Kier molecular flexibility index (Phi) is 2.45. The van der Waals surface area contributed by atoms with Gasteiger partial charge in [0.1, 0.15) is 0 Å². The van der Waals surface area contributed by atoms with Crippen LogP contribution in [0, 0.1) is 16.7 Å². The van der Waals surface area contributed by atoms with Gasteiger partial charge in [-0.3, -0.25) is 4.79 Å². The summed E-state index contributed by atoms with van der Waals surface area (Å²) in [5, 5.41) is 9.96. The molecule has 0 bridgehead atoms. The third-order valence-electron chi connectivity index (χ3n) is 3.86. The van der Waals surface area contributed by atoms with E-state index in [4.69, 9.17) is 5.26 Å². The summed E-state index contributed by atoms with van der Waals surface area (Å²) in [5.74, 6) is 0. The molecule has 1 heterocycles. The molecule has 0 radical (unpaired) electrons. The second kappa shape index (κ2) is 3.99. The molecular weight excluding hydrogens is 224 g/mol. The van der Waals surface area contributed by atoms with Crippen molar-refractivity contribution in [3.05, 3.63) is 36.0 Å². The maximum atomic E-state index is 11.1. The van der Waals surface area contributed by atoms with Gasteiger partial charge in [-0.15, -0.1) is 0 Å². The second-order valence-corrected chi connectivity index (χ2v) is 5.18. The van der Waals surface area contributed by atoms with E-state index in [-0.39, 0.29) is 5.41 Å². The summed E-state index contributed by atoms with van der Waals surface area (Å²) in [7, 11) is 0. The molecular formula is C15H14N2O. The van der Waals surface area contributed by atoms with Gasteiger partial charge in [0.2, 0.25) is 0 Å². The zero-order valence-corrected chi connectivity index (χ0v) is 10.1. The number of nitriles is 1. The summed E-state index contributed by atoms with van der Waals surface area (Å²) in [5.41, 5.74) is 1.87. The average Bonchev–Trinajstić information content (AvgIpc) is 3.02. The van der Waals surface area contributed by atoms with Gasteiger partial charge in [0.25, 0.3) is 0 Å². The fraction of sp³-hybridized carbons (Fsp3) is 0.333. The van der Waals surface area contributed by atoms with Crippen LogP contribution in [0.5, 0.6) is 0 Å². The minimum atomic E-state index is 0.149. The van der Waals surface area contributed by atoms with Crippen LogP contribution in [-0.4, -0.2) is 10.9 Å². The standard InChI is InChI=1S/C15H14N2O/c16-8-7-15(5-6-15)11-17-9-4-12-2-1-3-13(10-18)14(12)17/h1-4,9-10H,5-7,11H2. The molecule has 0 saturated heterocycles. The van der Waals surface area contributed by atoms with Crippen LogP contribution in [0.25, 0.3) is 10.9 Å². The third kappa shape index (κ3) is 1.70. The molecule has 0 N–H and O–H groups in total. The summed E-state index contributed by atoms with van der Waals surface area (Å²) in [4.78, 5) is 11.1. The molecule has 0 spiro atoms. The van der Waals surface area contributed by atoms with E-state index in [1.54, 1.807) is 0 Å². The highest BCUT2D eigenvalue weighted by Crippen LogP contribution is 2.50. The Hall–Kier alpha value is -2.08. The maximum Gasteiger partial charge on any atom is 0.152 e. The van der Waals surface area contributed by atoms with Gasteiger partial charge >= 0.3 is 0 Å². The van der Waals surface area contributed by atoms with Crippen LogP contribution in [0.1, 0.15) is 29.6 Å². The molecule has 1 aliphatic carbocycles. The number of aromatic nitrogens is 1. The molecule has 3 heteroatoms. The van der Waals surface area contributed by atoms with E-state index in [9.17, 15) is 4.79 Å². The number of aldehydes is 1. The van der Waals surface area contributed by atoms with Gasteiger partial charge < -0.3 is 4.57 Å². The molecule has 0 unspecified atom stereocenters. The summed E-state index contributed by atoms with van der Waals surface area (Å²) in [6.45, 7) is 0.842. The fourth-order valence-corrected chi connectivity index (χ4v) is 2.61. The Morgan fingerprint density at radius 3 is 2.89 bits per heavy atom. The molecule has 1 aromatic carbocycles. The van der Waals surface area contributed by atoms with Crippen LogP contribution in [0.2, 0.25) is 0 Å². The largest absolute Gasteiger partial charge is 0.346 e. The van der Waals surface area contributed by atoms with Crippen molar-refractivity contribution < 1.29 is 4.79 Å². The van der Waals surface area contributed by atoms with Gasteiger partial charge in [-0.2, -0.15) is 5.26 Å². The predicted molar refractivity (Wildman–Crippen MR) is 69.2 cm³/mol. The summed E-state index contributed by atoms with van der Waals surface area (Å²) < 4.78 is 2.13. The SMILES string of the molecule is N#CCC1(Cn2ccc3cccc(C=O)c32)CC1. The fourth-order valence-electron chi connectivity index (χ4n) is 2.61. The molecule has 90 valence electrons. The van der Waals surface area contributed by atoms with Crippen molar-refractivity contribution in [2.24, 2.45) is 5.41 Å². The normalized spacial score (nSPS) is 16.4. The quantitative estimate of drug-likeness (QED) is 0.768. The number of fused-ring (bicyclic) bond motifs is 1. The van der Waals surface area contributed by atoms with E-state index < -0.39 is 0 Å². The second-order valence-electron chi connectivity index (χ2n) is 5.18. The topological polar surface area (TPSA) is 45.8 Å². The molecule has 3 nitrogen and oxygen atoms in total. The van der Waals surface area contributed by atoms with Gasteiger partial charge in [-0.1, -0.05) is 12.1 Å². The monoisotopic (exact) mass is 238 g/mol. The average molecular weight is 238 g/mol. The molecule has 1 saturated carbocycles. The Morgan fingerprint density at radius 1 is 1.39 bits per heavy atom. The molecule has 0 amide bonds. The van der Waals surface area contributed by atoms with Gasteiger partial charge in [0.15, 0.2) is 6.29 Å². The smallest absolute Gasteiger partial charge is 0.152 e. The van der Waals surface area contributed by atoms with Gasteiger partial charge in [0, 0.05) is 35.5 Å². The number of benzene rings is 1. The minimum Gasteiger partial charge on any atom is -0.346 e. The summed E-state index contributed by atoms with van der Waals surface area (Å²) in [6, 6.07) is 10.1. The molecule has 0 aliphatic heterocycles. The summed E-state index contributed by atoms with van der Waals surface area (Å²) in [6.07, 6.45) is 5.76. The number of nitrogens with zero attached hydrogens (tertiary/aromatic N) is 2. The Bertz CT molecular complexity index is 644. The molecule has 2 aromatic rings. The van der Waals surface area contributed by atoms with Crippen molar-refractivity contribution in [2.45, 2.75) is 25.8 Å². The van der Waals surface area contributed by atoms with Crippen LogP contribution in [0.3, 0.4) is 0 Å². The number of hydrogen-bond acceptors (Lipinski definition) is 2. The van der Waals surface area contributed by atoms with Crippen LogP contribution in [0.15, 0.2) is 30.5 Å². The third-order valence-corrected chi connectivity index (χ3v) is 3.86. The lowest BCUT2D eigenvalue weighted by atomic mass is 10.0. The van der Waals surface area contributed by atoms with Crippen molar-refractivity contribution in [1.82, 2.24) is 4.57 Å². The van der Waals surface area contributed by atoms with Crippen LogP contribution < -0.4 is 0 Å². The van der Waals surface area contributed by atoms with E-state index in [1.165, 1.54) is 0 Å². The number of para-hydroxylation sites is 1. The summed E-state index contributed by atoms with van der Waals surface area (Å²) >= 11 is 0. The minimum absolute atomic E-state index is 0.149. The first-order valence-electron chi connectivity index (χ1n) is 6.18. The Balaban J connectivity index is 2.03. The number of rotatable bonds is 4. The first-order valence-corrected chi connectivity index (χ1v) is 6.18. The molecule has 18 heavy (non-hydrogen) atoms. The van der Waals surface area contributed by atoms with Crippen molar-refractivity contribution in [3.8, 4) is 6.07 Å². The predicted octanol–water partition coefficient (Wildman–Crippen LogP) is 3.15. The van der Waals surface area contributed by atoms with Crippen LogP contribution in [-0.2, 0) is 6.54 Å². The molecule has 3 rings (SSSR count). The van der Waals surface area contributed by atoms with E-state index in [1.807, 2.05) is 30.5 Å². The highest BCUT2D eigenvalue weighted by atomic mass is 16.1. The number of carbonyl (C=O) groups is 1. The van der Waals surface area contributed by atoms with Crippen molar-refractivity contribution in [2.75, 3.05) is 0 Å². The molecule has 1 fully saturated rings. The van der Waals surface area contributed by atoms with Gasteiger partial charge in [-0.25, -0.2) is 0 Å². The van der Waals surface area contributed by atoms with E-state index >= 15 is 0 Å². The van der Waals surface area contributed by atoms with Crippen molar-refractivity contribution in [3.63, 3.8) is 0 Å². The highest BCUT2D eigenvalue weighted by molar-refractivity contribution is 5.96. The maximum absolute atomic E-state index is 11.1. The number of hydrogen-bond donors (Lipinski definition) is 0. The van der Waals surface area contributed by atoms with E-state index in [0.717, 1.165) is 42.1 Å².